The standard InChI is InChI=1S/C18H20N2O3/c1-14-2-4-15(5-3-14)13-23-18(21)17-12-16(6-7-19-17)20-8-10-22-11-9-20/h2-7,12H,8-11,13H2,1H3. The quantitative estimate of drug-likeness (QED) is 0.812. The van der Waals surface area contributed by atoms with Gasteiger partial charge in [0.1, 0.15) is 12.3 Å². The Morgan fingerprint density at radius 1 is 1.22 bits per heavy atom. The monoisotopic (exact) mass is 312 g/mol. The maximum atomic E-state index is 12.2. The van der Waals surface area contributed by atoms with Crippen molar-refractivity contribution in [3.8, 4) is 0 Å². The van der Waals surface area contributed by atoms with E-state index in [0.29, 0.717) is 18.9 Å². The number of morpholine rings is 1. The van der Waals surface area contributed by atoms with E-state index in [1.54, 1.807) is 12.3 Å². The van der Waals surface area contributed by atoms with Gasteiger partial charge in [-0.05, 0) is 24.6 Å². The van der Waals surface area contributed by atoms with Crippen LogP contribution >= 0.6 is 0 Å². The van der Waals surface area contributed by atoms with Gasteiger partial charge in [0.05, 0.1) is 13.2 Å². The van der Waals surface area contributed by atoms with Crippen LogP contribution in [0.3, 0.4) is 0 Å². The van der Waals surface area contributed by atoms with Gasteiger partial charge in [-0.1, -0.05) is 29.8 Å². The van der Waals surface area contributed by atoms with Gasteiger partial charge in [0.25, 0.3) is 0 Å². The second-order valence-corrected chi connectivity index (χ2v) is 5.56. The summed E-state index contributed by atoms with van der Waals surface area (Å²) in [5, 5.41) is 0. The van der Waals surface area contributed by atoms with E-state index in [2.05, 4.69) is 9.88 Å². The Bertz CT molecular complexity index is 664. The van der Waals surface area contributed by atoms with Crippen molar-refractivity contribution in [2.45, 2.75) is 13.5 Å². The molecule has 2 heterocycles. The molecule has 1 aliphatic rings. The number of carbonyl (C=O) groups is 1. The van der Waals surface area contributed by atoms with Gasteiger partial charge in [-0.15, -0.1) is 0 Å². The number of anilines is 1. The van der Waals surface area contributed by atoms with Crippen LogP contribution in [-0.4, -0.2) is 37.3 Å². The van der Waals surface area contributed by atoms with Gasteiger partial charge >= 0.3 is 5.97 Å². The molecule has 1 aliphatic heterocycles. The van der Waals surface area contributed by atoms with Crippen LogP contribution in [-0.2, 0) is 16.1 Å². The number of hydrogen-bond acceptors (Lipinski definition) is 5. The molecule has 0 spiro atoms. The zero-order valence-corrected chi connectivity index (χ0v) is 13.2. The zero-order valence-electron chi connectivity index (χ0n) is 13.2. The zero-order chi connectivity index (χ0) is 16.1. The van der Waals surface area contributed by atoms with Crippen molar-refractivity contribution in [2.75, 3.05) is 31.2 Å². The predicted molar refractivity (Wildman–Crippen MR) is 87.6 cm³/mol. The molecule has 1 aromatic carbocycles. The lowest BCUT2D eigenvalue weighted by Gasteiger charge is -2.28. The number of aryl methyl sites for hydroxylation is 1. The highest BCUT2D eigenvalue weighted by Crippen LogP contribution is 2.17. The van der Waals surface area contributed by atoms with Gasteiger partial charge in [-0.25, -0.2) is 9.78 Å². The van der Waals surface area contributed by atoms with Crippen LogP contribution in [0.15, 0.2) is 42.6 Å². The summed E-state index contributed by atoms with van der Waals surface area (Å²) in [5.74, 6) is -0.402. The summed E-state index contributed by atoms with van der Waals surface area (Å²) in [7, 11) is 0. The second kappa shape index (κ2) is 7.24. The highest BCUT2D eigenvalue weighted by Gasteiger charge is 2.15. The number of benzene rings is 1. The van der Waals surface area contributed by atoms with Crippen LogP contribution in [0, 0.1) is 6.92 Å². The Kier molecular flexibility index (Phi) is 4.88. The van der Waals surface area contributed by atoms with Gasteiger partial charge < -0.3 is 14.4 Å². The normalized spacial score (nSPS) is 14.6. The van der Waals surface area contributed by atoms with E-state index in [-0.39, 0.29) is 6.61 Å². The summed E-state index contributed by atoms with van der Waals surface area (Å²) in [6.07, 6.45) is 1.65. The molecule has 0 atom stereocenters. The minimum Gasteiger partial charge on any atom is -0.456 e. The van der Waals surface area contributed by atoms with Crippen molar-refractivity contribution < 1.29 is 14.3 Å². The highest BCUT2D eigenvalue weighted by molar-refractivity contribution is 5.88. The van der Waals surface area contributed by atoms with Crippen LogP contribution in [0.2, 0.25) is 0 Å². The fraction of sp³-hybridized carbons (Fsp3) is 0.333. The average Bonchev–Trinajstić information content (AvgIpc) is 2.62. The van der Waals surface area contributed by atoms with E-state index in [1.807, 2.05) is 37.3 Å². The minimum atomic E-state index is -0.402. The topological polar surface area (TPSA) is 51.7 Å². The van der Waals surface area contributed by atoms with Crippen LogP contribution < -0.4 is 4.90 Å². The molecule has 5 nitrogen and oxygen atoms in total. The molecule has 5 heteroatoms. The Labute approximate surface area is 135 Å². The van der Waals surface area contributed by atoms with Gasteiger partial charge in [0.2, 0.25) is 0 Å². The average molecular weight is 312 g/mol. The molecule has 1 saturated heterocycles. The molecular weight excluding hydrogens is 292 g/mol. The van der Waals surface area contributed by atoms with E-state index >= 15 is 0 Å². The van der Waals surface area contributed by atoms with Gasteiger partial charge in [0.15, 0.2) is 0 Å². The van der Waals surface area contributed by atoms with Crippen molar-refractivity contribution in [1.82, 2.24) is 4.98 Å². The predicted octanol–water partition coefficient (Wildman–Crippen LogP) is 2.58. The third-order valence-electron chi connectivity index (χ3n) is 3.82. The molecule has 2 aromatic rings. The lowest BCUT2D eigenvalue weighted by Crippen LogP contribution is -2.36. The van der Waals surface area contributed by atoms with Crippen molar-refractivity contribution >= 4 is 11.7 Å². The molecule has 23 heavy (non-hydrogen) atoms. The summed E-state index contributed by atoms with van der Waals surface area (Å²) < 4.78 is 10.7. The lowest BCUT2D eigenvalue weighted by molar-refractivity contribution is 0.0466. The molecule has 0 radical (unpaired) electrons. The number of hydrogen-bond donors (Lipinski definition) is 0. The molecule has 3 rings (SSSR count). The summed E-state index contributed by atoms with van der Waals surface area (Å²) in [6, 6.07) is 11.6. The molecule has 0 saturated carbocycles. The van der Waals surface area contributed by atoms with Crippen LogP contribution in [0.1, 0.15) is 21.6 Å². The number of aromatic nitrogens is 1. The van der Waals surface area contributed by atoms with E-state index in [0.717, 1.165) is 24.3 Å². The van der Waals surface area contributed by atoms with Gasteiger partial charge in [0, 0.05) is 25.0 Å². The fourth-order valence-corrected chi connectivity index (χ4v) is 2.46. The minimum absolute atomic E-state index is 0.253. The van der Waals surface area contributed by atoms with Crippen molar-refractivity contribution in [3.63, 3.8) is 0 Å². The van der Waals surface area contributed by atoms with Crippen LogP contribution in [0.5, 0.6) is 0 Å². The van der Waals surface area contributed by atoms with E-state index in [4.69, 9.17) is 9.47 Å². The molecule has 0 bridgehead atoms. The number of rotatable bonds is 4. The second-order valence-electron chi connectivity index (χ2n) is 5.56. The third kappa shape index (κ3) is 4.07. The van der Waals surface area contributed by atoms with Gasteiger partial charge in [-0.2, -0.15) is 0 Å². The van der Waals surface area contributed by atoms with Crippen LogP contribution in [0.4, 0.5) is 5.69 Å². The summed E-state index contributed by atoms with van der Waals surface area (Å²) in [5.41, 5.74) is 3.46. The SMILES string of the molecule is Cc1ccc(COC(=O)c2cc(N3CCOCC3)ccn2)cc1. The summed E-state index contributed by atoms with van der Waals surface area (Å²) in [6.45, 7) is 5.33. The first kappa shape index (κ1) is 15.5. The molecule has 120 valence electrons. The van der Waals surface area contributed by atoms with Crippen molar-refractivity contribution in [3.05, 3.63) is 59.4 Å². The Morgan fingerprint density at radius 3 is 2.70 bits per heavy atom. The molecule has 0 aliphatic carbocycles. The molecule has 1 aromatic heterocycles. The first-order valence-electron chi connectivity index (χ1n) is 7.74. The van der Waals surface area contributed by atoms with Gasteiger partial charge in [-0.3, -0.25) is 0 Å². The smallest absolute Gasteiger partial charge is 0.357 e. The molecule has 0 N–H and O–H groups in total. The van der Waals surface area contributed by atoms with Crippen molar-refractivity contribution in [2.24, 2.45) is 0 Å². The maximum Gasteiger partial charge on any atom is 0.357 e. The number of carbonyl (C=O) groups excluding carboxylic acids is 1. The number of ether oxygens (including phenoxy) is 2. The fourth-order valence-electron chi connectivity index (χ4n) is 2.46. The largest absolute Gasteiger partial charge is 0.456 e. The lowest BCUT2D eigenvalue weighted by atomic mass is 10.2. The number of pyridine rings is 1. The highest BCUT2D eigenvalue weighted by atomic mass is 16.5. The van der Waals surface area contributed by atoms with Crippen LogP contribution in [0.25, 0.3) is 0 Å². The van der Waals surface area contributed by atoms with E-state index in [9.17, 15) is 4.79 Å². The first-order chi connectivity index (χ1) is 11.2. The third-order valence-corrected chi connectivity index (χ3v) is 3.82. The Morgan fingerprint density at radius 2 is 1.96 bits per heavy atom. The molecular formula is C18H20N2O3. The molecule has 0 unspecified atom stereocenters. The summed E-state index contributed by atoms with van der Waals surface area (Å²) >= 11 is 0. The first-order valence-corrected chi connectivity index (χ1v) is 7.74. The number of esters is 1. The maximum absolute atomic E-state index is 12.2. The molecule has 1 fully saturated rings. The Balaban J connectivity index is 1.63. The van der Waals surface area contributed by atoms with Crippen molar-refractivity contribution in [1.29, 1.82) is 0 Å². The molecule has 0 amide bonds. The summed E-state index contributed by atoms with van der Waals surface area (Å²) in [4.78, 5) is 18.5. The van der Waals surface area contributed by atoms with E-state index in [1.165, 1.54) is 5.56 Å². The Hall–Kier alpha value is -2.40. The number of nitrogens with zero attached hydrogens (tertiary/aromatic N) is 2. The van der Waals surface area contributed by atoms with E-state index < -0.39 is 5.97 Å².